The maximum Gasteiger partial charge on any atom is 0.309 e. The van der Waals surface area contributed by atoms with E-state index in [1.54, 1.807) is 0 Å². The van der Waals surface area contributed by atoms with Crippen LogP contribution in [0.5, 0.6) is 0 Å². The number of rotatable bonds is 5. The Morgan fingerprint density at radius 1 is 1.20 bits per heavy atom. The fourth-order valence-electron chi connectivity index (χ4n) is 0.791. The fraction of sp³-hybridized carbons (Fsp3) is 0.800. The van der Waals surface area contributed by atoms with Gasteiger partial charge in [-0.15, -0.1) is 0 Å². The molecule has 0 aliphatic heterocycles. The molecule has 0 fully saturated rings. The molecule has 0 heterocycles. The Bertz CT molecular complexity index is 227. The Labute approximate surface area is 90.8 Å². The average molecular weight is 215 g/mol. The second-order valence-corrected chi connectivity index (χ2v) is 4.25. The zero-order valence-electron chi connectivity index (χ0n) is 9.72. The maximum absolute atomic E-state index is 11.2. The highest BCUT2D eigenvalue weighted by atomic mass is 16.2. The van der Waals surface area contributed by atoms with Crippen LogP contribution in [0.25, 0.3) is 0 Å². The summed E-state index contributed by atoms with van der Waals surface area (Å²) in [4.78, 5) is 22.4. The number of hydrogen-bond donors (Lipinski definition) is 3. The molecule has 0 bridgehead atoms. The van der Waals surface area contributed by atoms with Gasteiger partial charge in [0, 0.05) is 19.6 Å². The largest absolute Gasteiger partial charge is 0.347 e. The van der Waals surface area contributed by atoms with Crippen LogP contribution in [0.2, 0.25) is 0 Å². The van der Waals surface area contributed by atoms with Gasteiger partial charge in [-0.05, 0) is 11.8 Å². The summed E-state index contributed by atoms with van der Waals surface area (Å²) >= 11 is 0. The Morgan fingerprint density at radius 3 is 2.20 bits per heavy atom. The van der Waals surface area contributed by atoms with E-state index in [1.165, 1.54) is 0 Å². The van der Waals surface area contributed by atoms with E-state index >= 15 is 0 Å². The third-order valence-corrected chi connectivity index (χ3v) is 2.32. The van der Waals surface area contributed by atoms with Crippen molar-refractivity contribution in [2.24, 2.45) is 11.1 Å². The first-order valence-corrected chi connectivity index (χ1v) is 5.19. The van der Waals surface area contributed by atoms with Gasteiger partial charge in [0.25, 0.3) is 0 Å². The smallest absolute Gasteiger partial charge is 0.309 e. The van der Waals surface area contributed by atoms with Crippen molar-refractivity contribution in [3.8, 4) is 0 Å². The molecule has 0 rings (SSSR count). The van der Waals surface area contributed by atoms with E-state index in [0.717, 1.165) is 6.42 Å². The Kier molecular flexibility index (Phi) is 5.93. The molecule has 5 heteroatoms. The lowest BCUT2D eigenvalue weighted by atomic mass is 9.90. The summed E-state index contributed by atoms with van der Waals surface area (Å²) in [5.41, 5.74) is 5.21. The van der Waals surface area contributed by atoms with Crippen LogP contribution < -0.4 is 16.4 Å². The zero-order chi connectivity index (χ0) is 11.9. The monoisotopic (exact) mass is 215 g/mol. The lowest BCUT2D eigenvalue weighted by Crippen LogP contribution is -2.44. The zero-order valence-corrected chi connectivity index (χ0v) is 9.72. The average Bonchev–Trinajstić information content (AvgIpc) is 2.22. The SMILES string of the molecule is CCC(C)(C)CNC(=O)C(=O)NCCN. The first-order chi connectivity index (χ1) is 6.93. The van der Waals surface area contributed by atoms with E-state index in [2.05, 4.69) is 10.6 Å². The van der Waals surface area contributed by atoms with Crippen LogP contribution in [0.3, 0.4) is 0 Å². The van der Waals surface area contributed by atoms with Crippen molar-refractivity contribution in [3.63, 3.8) is 0 Å². The molecule has 5 nitrogen and oxygen atoms in total. The normalized spacial score (nSPS) is 10.9. The molecular weight excluding hydrogens is 194 g/mol. The van der Waals surface area contributed by atoms with Crippen LogP contribution in [0.15, 0.2) is 0 Å². The van der Waals surface area contributed by atoms with Gasteiger partial charge in [0.15, 0.2) is 0 Å². The molecule has 0 radical (unpaired) electrons. The Balaban J connectivity index is 3.88. The van der Waals surface area contributed by atoms with E-state index in [-0.39, 0.29) is 5.41 Å². The van der Waals surface area contributed by atoms with Gasteiger partial charge in [0.1, 0.15) is 0 Å². The van der Waals surface area contributed by atoms with Crippen LogP contribution in [0.4, 0.5) is 0 Å². The van der Waals surface area contributed by atoms with E-state index < -0.39 is 11.8 Å². The van der Waals surface area contributed by atoms with E-state index in [9.17, 15) is 9.59 Å². The number of nitrogens with two attached hydrogens (primary N) is 1. The van der Waals surface area contributed by atoms with Gasteiger partial charge >= 0.3 is 11.8 Å². The molecule has 0 aromatic rings. The van der Waals surface area contributed by atoms with E-state index in [1.807, 2.05) is 20.8 Å². The van der Waals surface area contributed by atoms with Crippen molar-refractivity contribution < 1.29 is 9.59 Å². The molecule has 2 amide bonds. The summed E-state index contributed by atoms with van der Waals surface area (Å²) < 4.78 is 0. The number of nitrogens with one attached hydrogen (secondary N) is 2. The van der Waals surface area contributed by atoms with Crippen molar-refractivity contribution in [1.82, 2.24) is 10.6 Å². The summed E-state index contributed by atoms with van der Waals surface area (Å²) in [6, 6.07) is 0. The quantitative estimate of drug-likeness (QED) is 0.546. The first kappa shape index (κ1) is 13.9. The fourth-order valence-corrected chi connectivity index (χ4v) is 0.791. The molecule has 0 unspecified atom stereocenters. The second-order valence-electron chi connectivity index (χ2n) is 4.25. The highest BCUT2D eigenvalue weighted by molar-refractivity contribution is 6.35. The van der Waals surface area contributed by atoms with Crippen molar-refractivity contribution in [2.75, 3.05) is 19.6 Å². The number of amides is 2. The van der Waals surface area contributed by atoms with Crippen molar-refractivity contribution in [1.29, 1.82) is 0 Å². The van der Waals surface area contributed by atoms with Crippen LogP contribution in [0.1, 0.15) is 27.2 Å². The predicted molar refractivity (Wildman–Crippen MR) is 59.1 cm³/mol. The van der Waals surface area contributed by atoms with Gasteiger partial charge in [-0.3, -0.25) is 9.59 Å². The molecule has 15 heavy (non-hydrogen) atoms. The van der Waals surface area contributed by atoms with Crippen LogP contribution in [-0.4, -0.2) is 31.4 Å². The van der Waals surface area contributed by atoms with Crippen LogP contribution in [-0.2, 0) is 9.59 Å². The third kappa shape index (κ3) is 6.06. The summed E-state index contributed by atoms with van der Waals surface area (Å²) in [5.74, 6) is -1.21. The molecular formula is C10H21N3O2. The van der Waals surface area contributed by atoms with Crippen LogP contribution >= 0.6 is 0 Å². The molecule has 0 aromatic carbocycles. The van der Waals surface area contributed by atoms with E-state index in [4.69, 9.17) is 5.73 Å². The van der Waals surface area contributed by atoms with Gasteiger partial charge in [-0.1, -0.05) is 20.8 Å². The minimum absolute atomic E-state index is 0.0177. The lowest BCUT2D eigenvalue weighted by Gasteiger charge is -2.22. The number of carbonyl (C=O) groups is 2. The van der Waals surface area contributed by atoms with Crippen LogP contribution in [0, 0.1) is 5.41 Å². The molecule has 0 saturated carbocycles. The Morgan fingerprint density at radius 2 is 1.73 bits per heavy atom. The van der Waals surface area contributed by atoms with Gasteiger partial charge in [0.05, 0.1) is 0 Å². The minimum atomic E-state index is -0.618. The molecule has 4 N–H and O–H groups in total. The topological polar surface area (TPSA) is 84.2 Å². The van der Waals surface area contributed by atoms with Gasteiger partial charge in [0.2, 0.25) is 0 Å². The highest BCUT2D eigenvalue weighted by Crippen LogP contribution is 2.17. The molecule has 0 aliphatic carbocycles. The maximum atomic E-state index is 11.2. The lowest BCUT2D eigenvalue weighted by molar-refractivity contribution is -0.139. The summed E-state index contributed by atoms with van der Waals surface area (Å²) in [6.45, 7) is 7.26. The minimum Gasteiger partial charge on any atom is -0.347 e. The number of hydrogen-bond acceptors (Lipinski definition) is 3. The standard InChI is InChI=1S/C10H21N3O2/c1-4-10(2,3)7-13-9(15)8(14)12-6-5-11/h4-7,11H2,1-3H3,(H,12,14)(H,13,15). The van der Waals surface area contributed by atoms with Gasteiger partial charge < -0.3 is 16.4 Å². The molecule has 0 saturated heterocycles. The summed E-state index contributed by atoms with van der Waals surface area (Å²) in [7, 11) is 0. The van der Waals surface area contributed by atoms with Crippen molar-refractivity contribution in [3.05, 3.63) is 0 Å². The summed E-state index contributed by atoms with van der Waals surface area (Å²) in [5, 5.41) is 5.00. The van der Waals surface area contributed by atoms with Gasteiger partial charge in [-0.25, -0.2) is 0 Å². The third-order valence-electron chi connectivity index (χ3n) is 2.32. The molecule has 0 spiro atoms. The van der Waals surface area contributed by atoms with Crippen molar-refractivity contribution in [2.45, 2.75) is 27.2 Å². The highest BCUT2D eigenvalue weighted by Gasteiger charge is 2.19. The molecule has 0 aliphatic rings. The second kappa shape index (κ2) is 6.40. The first-order valence-electron chi connectivity index (χ1n) is 5.19. The van der Waals surface area contributed by atoms with Gasteiger partial charge in [-0.2, -0.15) is 0 Å². The summed E-state index contributed by atoms with van der Waals surface area (Å²) in [6.07, 6.45) is 0.942. The molecule has 88 valence electrons. The van der Waals surface area contributed by atoms with Crippen molar-refractivity contribution >= 4 is 11.8 Å². The Hall–Kier alpha value is -1.10. The number of carbonyl (C=O) groups excluding carboxylic acids is 2. The van der Waals surface area contributed by atoms with E-state index in [0.29, 0.717) is 19.6 Å². The molecule has 0 atom stereocenters. The predicted octanol–water partition coefficient (Wildman–Crippen LogP) is -0.386. The molecule has 0 aromatic heterocycles.